The van der Waals surface area contributed by atoms with Crippen molar-refractivity contribution in [1.82, 2.24) is 4.98 Å². The minimum Gasteiger partial charge on any atom is -0.354 e. The topological polar surface area (TPSA) is 64.6 Å². The van der Waals surface area contributed by atoms with Crippen LogP contribution in [0.5, 0.6) is 0 Å². The summed E-state index contributed by atoms with van der Waals surface area (Å²) in [5.41, 5.74) is 12.2. The van der Waals surface area contributed by atoms with Crippen LogP contribution in [0.15, 0.2) is 59.7 Å². The molecule has 0 saturated heterocycles. The number of H-pyrrole nitrogens is 1. The number of para-hydroxylation sites is 1. The molecule has 0 fully saturated rings. The summed E-state index contributed by atoms with van der Waals surface area (Å²) in [5, 5.41) is 4.76. The van der Waals surface area contributed by atoms with Crippen LogP contribution in [0.2, 0.25) is 0 Å². The fourth-order valence-corrected chi connectivity index (χ4v) is 2.09. The molecule has 4 heteroatoms. The van der Waals surface area contributed by atoms with Crippen molar-refractivity contribution in [1.29, 1.82) is 0 Å². The van der Waals surface area contributed by atoms with Crippen LogP contribution in [0.3, 0.4) is 0 Å². The molecule has 18 heavy (non-hydrogen) atoms. The third kappa shape index (κ3) is 1.61. The first kappa shape index (κ1) is 10.4. The molecule has 3 rings (SSSR count). The van der Waals surface area contributed by atoms with E-state index in [0.29, 0.717) is 5.69 Å². The van der Waals surface area contributed by atoms with Gasteiger partial charge in [0.2, 0.25) is 0 Å². The van der Waals surface area contributed by atoms with E-state index < -0.39 is 0 Å². The highest BCUT2D eigenvalue weighted by atomic mass is 15.1. The van der Waals surface area contributed by atoms with E-state index in [9.17, 15) is 0 Å². The SMILES string of the molecule is [N-]=[N+]=Nc1c(-c2ccccc2)[nH]c2ccccc12. The Labute approximate surface area is 104 Å². The molecular formula is C14H10N4. The lowest BCUT2D eigenvalue weighted by atomic mass is 10.1. The zero-order chi connectivity index (χ0) is 12.4. The van der Waals surface area contributed by atoms with Crippen LogP contribution in [-0.4, -0.2) is 4.98 Å². The summed E-state index contributed by atoms with van der Waals surface area (Å²) in [6.45, 7) is 0. The van der Waals surface area contributed by atoms with Crippen molar-refractivity contribution in [3.05, 3.63) is 65.0 Å². The fourth-order valence-electron chi connectivity index (χ4n) is 2.09. The average molecular weight is 234 g/mol. The van der Waals surface area contributed by atoms with Crippen molar-refractivity contribution in [2.45, 2.75) is 0 Å². The molecule has 1 aromatic heterocycles. The second-order valence-corrected chi connectivity index (χ2v) is 3.95. The van der Waals surface area contributed by atoms with Crippen LogP contribution in [0, 0.1) is 0 Å². The monoisotopic (exact) mass is 234 g/mol. The lowest BCUT2D eigenvalue weighted by Gasteiger charge is -1.98. The Balaban J connectivity index is 2.35. The Hall–Kier alpha value is -2.71. The van der Waals surface area contributed by atoms with Crippen molar-refractivity contribution < 1.29 is 0 Å². The molecule has 0 bridgehead atoms. The van der Waals surface area contributed by atoms with Crippen molar-refractivity contribution in [2.75, 3.05) is 0 Å². The van der Waals surface area contributed by atoms with Gasteiger partial charge in [-0.15, -0.1) is 0 Å². The van der Waals surface area contributed by atoms with E-state index in [1.54, 1.807) is 0 Å². The van der Waals surface area contributed by atoms with Crippen molar-refractivity contribution >= 4 is 16.6 Å². The van der Waals surface area contributed by atoms with Gasteiger partial charge in [-0.25, -0.2) is 0 Å². The maximum absolute atomic E-state index is 8.71. The van der Waals surface area contributed by atoms with E-state index in [0.717, 1.165) is 22.2 Å². The van der Waals surface area contributed by atoms with Gasteiger partial charge in [-0.2, -0.15) is 0 Å². The van der Waals surface area contributed by atoms with Gasteiger partial charge in [0, 0.05) is 15.8 Å². The molecule has 0 unspecified atom stereocenters. The Morgan fingerprint density at radius 2 is 1.67 bits per heavy atom. The highest BCUT2D eigenvalue weighted by molar-refractivity contribution is 5.99. The van der Waals surface area contributed by atoms with Gasteiger partial charge in [0.25, 0.3) is 0 Å². The molecule has 1 heterocycles. The number of nitrogens with zero attached hydrogens (tertiary/aromatic N) is 3. The van der Waals surface area contributed by atoms with E-state index in [2.05, 4.69) is 15.0 Å². The summed E-state index contributed by atoms with van der Waals surface area (Å²) in [6.07, 6.45) is 0. The molecule has 3 aromatic rings. The second kappa shape index (κ2) is 4.28. The van der Waals surface area contributed by atoms with E-state index in [-0.39, 0.29) is 0 Å². The zero-order valence-electron chi connectivity index (χ0n) is 9.54. The highest BCUT2D eigenvalue weighted by Crippen LogP contribution is 2.36. The van der Waals surface area contributed by atoms with Gasteiger partial charge in [0.1, 0.15) is 0 Å². The number of rotatable bonds is 2. The quantitative estimate of drug-likeness (QED) is 0.377. The van der Waals surface area contributed by atoms with Crippen LogP contribution < -0.4 is 0 Å². The summed E-state index contributed by atoms with van der Waals surface area (Å²) < 4.78 is 0. The molecular weight excluding hydrogens is 224 g/mol. The summed E-state index contributed by atoms with van der Waals surface area (Å²) in [5.74, 6) is 0. The fraction of sp³-hybridized carbons (Fsp3) is 0. The molecule has 4 nitrogen and oxygen atoms in total. The van der Waals surface area contributed by atoms with E-state index in [4.69, 9.17) is 5.53 Å². The standard InChI is InChI=1S/C14H10N4/c15-18-17-14-11-8-4-5-9-12(11)16-13(14)10-6-2-1-3-7-10/h1-9,16H. The van der Waals surface area contributed by atoms with Crippen LogP contribution in [-0.2, 0) is 0 Å². The van der Waals surface area contributed by atoms with Crippen molar-refractivity contribution in [3.8, 4) is 11.3 Å². The van der Waals surface area contributed by atoms with Gasteiger partial charge in [-0.05, 0) is 17.2 Å². The minimum atomic E-state index is 0.652. The Morgan fingerprint density at radius 3 is 2.44 bits per heavy atom. The lowest BCUT2D eigenvalue weighted by Crippen LogP contribution is -1.75. The number of aromatic nitrogens is 1. The van der Waals surface area contributed by atoms with Crippen molar-refractivity contribution in [2.24, 2.45) is 5.11 Å². The van der Waals surface area contributed by atoms with Gasteiger partial charge in [-0.3, -0.25) is 0 Å². The Bertz CT molecular complexity index is 737. The molecule has 86 valence electrons. The molecule has 0 radical (unpaired) electrons. The molecule has 0 amide bonds. The molecule has 0 saturated carbocycles. The smallest absolute Gasteiger partial charge is 0.0709 e. The molecule has 0 aliphatic heterocycles. The molecule has 0 aliphatic carbocycles. The maximum atomic E-state index is 8.71. The summed E-state index contributed by atoms with van der Waals surface area (Å²) >= 11 is 0. The number of fused-ring (bicyclic) bond motifs is 1. The third-order valence-electron chi connectivity index (χ3n) is 2.89. The summed E-state index contributed by atoms with van der Waals surface area (Å²) in [7, 11) is 0. The number of benzene rings is 2. The first-order valence-corrected chi connectivity index (χ1v) is 5.61. The van der Waals surface area contributed by atoms with Gasteiger partial charge in [-0.1, -0.05) is 53.6 Å². The number of azide groups is 1. The largest absolute Gasteiger partial charge is 0.354 e. The molecule has 0 aliphatic rings. The van der Waals surface area contributed by atoms with Crippen molar-refractivity contribution in [3.63, 3.8) is 0 Å². The first-order valence-electron chi connectivity index (χ1n) is 5.61. The minimum absolute atomic E-state index is 0.652. The first-order chi connectivity index (χ1) is 8.90. The Morgan fingerprint density at radius 1 is 0.944 bits per heavy atom. The van der Waals surface area contributed by atoms with Crippen LogP contribution in [0.25, 0.3) is 32.6 Å². The third-order valence-corrected chi connectivity index (χ3v) is 2.89. The van der Waals surface area contributed by atoms with Crippen LogP contribution in [0.1, 0.15) is 0 Å². The van der Waals surface area contributed by atoms with E-state index in [1.807, 2.05) is 54.6 Å². The molecule has 1 N–H and O–H groups in total. The van der Waals surface area contributed by atoms with E-state index >= 15 is 0 Å². The zero-order valence-corrected chi connectivity index (χ0v) is 9.54. The summed E-state index contributed by atoms with van der Waals surface area (Å²) in [6, 6.07) is 17.7. The van der Waals surface area contributed by atoms with Gasteiger partial charge >= 0.3 is 0 Å². The second-order valence-electron chi connectivity index (χ2n) is 3.95. The van der Waals surface area contributed by atoms with Gasteiger partial charge < -0.3 is 4.98 Å². The number of nitrogens with one attached hydrogen (secondary N) is 1. The molecule has 0 spiro atoms. The maximum Gasteiger partial charge on any atom is 0.0709 e. The van der Waals surface area contributed by atoms with E-state index in [1.165, 1.54) is 0 Å². The Kier molecular flexibility index (Phi) is 2.48. The average Bonchev–Trinajstić information content (AvgIpc) is 2.80. The van der Waals surface area contributed by atoms with Crippen LogP contribution >= 0.6 is 0 Å². The number of aromatic amines is 1. The van der Waals surface area contributed by atoms with Gasteiger partial charge in [0.15, 0.2) is 0 Å². The predicted molar refractivity (Wildman–Crippen MR) is 72.5 cm³/mol. The molecule has 0 atom stereocenters. The lowest BCUT2D eigenvalue weighted by molar-refractivity contribution is 1.42. The summed E-state index contributed by atoms with van der Waals surface area (Å²) in [4.78, 5) is 6.22. The van der Waals surface area contributed by atoms with Crippen LogP contribution in [0.4, 0.5) is 5.69 Å². The van der Waals surface area contributed by atoms with Gasteiger partial charge in [0.05, 0.1) is 11.4 Å². The molecule has 2 aromatic carbocycles. The normalized spacial score (nSPS) is 10.2. The highest BCUT2D eigenvalue weighted by Gasteiger charge is 2.10. The number of hydrogen-bond donors (Lipinski definition) is 1. The predicted octanol–water partition coefficient (Wildman–Crippen LogP) is 4.78. The number of hydrogen-bond acceptors (Lipinski definition) is 1.